The van der Waals surface area contributed by atoms with Crippen LogP contribution in [-0.4, -0.2) is 38.0 Å². The number of hydrogen-bond donors (Lipinski definition) is 1. The Kier molecular flexibility index (Phi) is 7.64. The fourth-order valence-corrected chi connectivity index (χ4v) is 2.86. The first-order valence-electron chi connectivity index (χ1n) is 7.65. The normalized spacial score (nSPS) is 11.9. The van der Waals surface area contributed by atoms with Gasteiger partial charge in [-0.1, -0.05) is 32.0 Å². The van der Waals surface area contributed by atoms with Gasteiger partial charge in [0.1, 0.15) is 5.82 Å². The first-order chi connectivity index (χ1) is 10.7. The van der Waals surface area contributed by atoms with Gasteiger partial charge < -0.3 is 5.32 Å². The Morgan fingerprint density at radius 3 is 2.48 bits per heavy atom. The molecule has 1 aromatic carbocycles. The summed E-state index contributed by atoms with van der Waals surface area (Å²) < 4.78 is 38.2. The van der Waals surface area contributed by atoms with Gasteiger partial charge in [0.2, 0.25) is 15.9 Å². The topological polar surface area (TPSA) is 66.5 Å². The molecule has 1 amide bonds. The Labute approximate surface area is 137 Å². The molecule has 0 fully saturated rings. The molecule has 1 rings (SSSR count). The second kappa shape index (κ2) is 8.98. The van der Waals surface area contributed by atoms with E-state index < -0.39 is 10.0 Å². The highest BCUT2D eigenvalue weighted by Crippen LogP contribution is 2.08. The molecule has 0 atom stereocenters. The molecule has 7 heteroatoms. The Hall–Kier alpha value is -1.47. The van der Waals surface area contributed by atoms with Crippen molar-refractivity contribution in [3.8, 4) is 0 Å². The average molecular weight is 344 g/mol. The van der Waals surface area contributed by atoms with Crippen LogP contribution in [0.15, 0.2) is 24.3 Å². The van der Waals surface area contributed by atoms with Gasteiger partial charge in [-0.05, 0) is 18.4 Å². The van der Waals surface area contributed by atoms with E-state index in [9.17, 15) is 17.6 Å². The minimum Gasteiger partial charge on any atom is -0.352 e. The van der Waals surface area contributed by atoms with Gasteiger partial charge in [0, 0.05) is 31.6 Å². The molecule has 0 spiro atoms. The zero-order valence-electron chi connectivity index (χ0n) is 13.9. The van der Waals surface area contributed by atoms with Crippen LogP contribution in [-0.2, 0) is 21.4 Å². The van der Waals surface area contributed by atoms with Crippen LogP contribution in [0.5, 0.6) is 0 Å². The summed E-state index contributed by atoms with van der Waals surface area (Å²) in [5.74, 6) is -0.289. The SMILES string of the molecule is CC(C)CCN(CCC(=O)NCc1ccccc1F)S(C)(=O)=O. The molecule has 0 heterocycles. The van der Waals surface area contributed by atoms with Crippen molar-refractivity contribution in [2.45, 2.75) is 33.2 Å². The van der Waals surface area contributed by atoms with Crippen molar-refractivity contribution >= 4 is 15.9 Å². The maximum atomic E-state index is 13.4. The highest BCUT2D eigenvalue weighted by atomic mass is 32.2. The van der Waals surface area contributed by atoms with Gasteiger partial charge in [-0.15, -0.1) is 0 Å². The molecule has 0 aliphatic rings. The Morgan fingerprint density at radius 1 is 1.26 bits per heavy atom. The van der Waals surface area contributed by atoms with Crippen LogP contribution in [0.4, 0.5) is 4.39 Å². The number of benzene rings is 1. The van der Waals surface area contributed by atoms with Gasteiger partial charge in [0.05, 0.1) is 6.26 Å². The number of nitrogens with zero attached hydrogens (tertiary/aromatic N) is 1. The van der Waals surface area contributed by atoms with E-state index in [1.807, 2.05) is 13.8 Å². The van der Waals surface area contributed by atoms with Crippen molar-refractivity contribution in [1.82, 2.24) is 9.62 Å². The van der Waals surface area contributed by atoms with Gasteiger partial charge >= 0.3 is 0 Å². The van der Waals surface area contributed by atoms with E-state index in [4.69, 9.17) is 0 Å². The maximum absolute atomic E-state index is 13.4. The number of amides is 1. The van der Waals surface area contributed by atoms with Crippen LogP contribution in [0.3, 0.4) is 0 Å². The largest absolute Gasteiger partial charge is 0.352 e. The minimum atomic E-state index is -3.34. The lowest BCUT2D eigenvalue weighted by Gasteiger charge is -2.20. The summed E-state index contributed by atoms with van der Waals surface area (Å²) in [5, 5.41) is 2.61. The number of sulfonamides is 1. The molecule has 23 heavy (non-hydrogen) atoms. The molecule has 130 valence electrons. The smallest absolute Gasteiger partial charge is 0.221 e. The zero-order chi connectivity index (χ0) is 17.5. The highest BCUT2D eigenvalue weighted by Gasteiger charge is 2.18. The lowest BCUT2D eigenvalue weighted by molar-refractivity contribution is -0.121. The predicted molar refractivity (Wildman–Crippen MR) is 88.7 cm³/mol. The van der Waals surface area contributed by atoms with E-state index in [1.54, 1.807) is 18.2 Å². The summed E-state index contributed by atoms with van der Waals surface area (Å²) in [6.07, 6.45) is 1.94. The third-order valence-corrected chi connectivity index (χ3v) is 4.75. The number of nitrogens with one attached hydrogen (secondary N) is 1. The Morgan fingerprint density at radius 2 is 1.91 bits per heavy atom. The number of rotatable bonds is 9. The molecule has 0 aromatic heterocycles. The molecule has 0 saturated carbocycles. The van der Waals surface area contributed by atoms with Crippen LogP contribution in [0.1, 0.15) is 32.3 Å². The van der Waals surface area contributed by atoms with Crippen molar-refractivity contribution in [3.63, 3.8) is 0 Å². The molecule has 5 nitrogen and oxygen atoms in total. The van der Waals surface area contributed by atoms with Gasteiger partial charge in [-0.25, -0.2) is 17.1 Å². The monoisotopic (exact) mass is 344 g/mol. The van der Waals surface area contributed by atoms with Crippen molar-refractivity contribution in [3.05, 3.63) is 35.6 Å². The summed E-state index contributed by atoms with van der Waals surface area (Å²) in [5.41, 5.74) is 0.403. The molecular weight excluding hydrogens is 319 g/mol. The van der Waals surface area contributed by atoms with Crippen molar-refractivity contribution in [2.24, 2.45) is 5.92 Å². The Balaban J connectivity index is 2.47. The van der Waals surface area contributed by atoms with Crippen molar-refractivity contribution in [1.29, 1.82) is 0 Å². The van der Waals surface area contributed by atoms with E-state index in [2.05, 4.69) is 5.32 Å². The van der Waals surface area contributed by atoms with Crippen LogP contribution < -0.4 is 5.32 Å². The molecule has 0 radical (unpaired) electrons. The van der Waals surface area contributed by atoms with E-state index in [0.29, 0.717) is 18.0 Å². The standard InChI is InChI=1S/C16H25FN2O3S/c1-13(2)8-10-19(23(3,21)22)11-9-16(20)18-12-14-6-4-5-7-15(14)17/h4-7,13H,8-12H2,1-3H3,(H,18,20). The first-order valence-corrected chi connectivity index (χ1v) is 9.50. The molecule has 0 unspecified atom stereocenters. The van der Waals surface area contributed by atoms with Crippen molar-refractivity contribution in [2.75, 3.05) is 19.3 Å². The quantitative estimate of drug-likeness (QED) is 0.746. The van der Waals surface area contributed by atoms with E-state index in [0.717, 1.165) is 12.7 Å². The first kappa shape index (κ1) is 19.6. The van der Waals surface area contributed by atoms with E-state index >= 15 is 0 Å². The predicted octanol–water partition coefficient (Wildman–Crippen LogP) is 2.14. The summed E-state index contributed by atoms with van der Waals surface area (Å²) in [4.78, 5) is 11.8. The van der Waals surface area contributed by atoms with Gasteiger partial charge in [-0.3, -0.25) is 4.79 Å². The van der Waals surface area contributed by atoms with Crippen LogP contribution in [0.25, 0.3) is 0 Å². The summed E-state index contributed by atoms with van der Waals surface area (Å²) in [6.45, 7) is 4.66. The second-order valence-corrected chi connectivity index (χ2v) is 7.95. The lowest BCUT2D eigenvalue weighted by atomic mass is 10.1. The summed E-state index contributed by atoms with van der Waals surface area (Å²) >= 11 is 0. The third-order valence-electron chi connectivity index (χ3n) is 3.45. The van der Waals surface area contributed by atoms with Gasteiger partial charge in [0.15, 0.2) is 0 Å². The summed E-state index contributed by atoms with van der Waals surface area (Å²) in [6, 6.07) is 6.21. The molecule has 0 aliphatic heterocycles. The highest BCUT2D eigenvalue weighted by molar-refractivity contribution is 7.88. The number of carbonyl (C=O) groups excluding carboxylic acids is 1. The average Bonchev–Trinajstić information content (AvgIpc) is 2.44. The van der Waals surface area contributed by atoms with E-state index in [-0.39, 0.29) is 31.2 Å². The fraction of sp³-hybridized carbons (Fsp3) is 0.562. The molecule has 0 bridgehead atoms. The zero-order valence-corrected chi connectivity index (χ0v) is 14.7. The number of halogens is 1. The number of carbonyl (C=O) groups is 1. The van der Waals surface area contributed by atoms with Crippen LogP contribution >= 0.6 is 0 Å². The second-order valence-electron chi connectivity index (χ2n) is 5.96. The summed E-state index contributed by atoms with van der Waals surface area (Å²) in [7, 11) is -3.34. The molecule has 0 saturated heterocycles. The van der Waals surface area contributed by atoms with Crippen molar-refractivity contribution < 1.29 is 17.6 Å². The molecule has 0 aliphatic carbocycles. The van der Waals surface area contributed by atoms with Crippen LogP contribution in [0, 0.1) is 11.7 Å². The maximum Gasteiger partial charge on any atom is 0.221 e. The number of hydrogen-bond acceptors (Lipinski definition) is 3. The minimum absolute atomic E-state index is 0.0552. The van der Waals surface area contributed by atoms with Gasteiger partial charge in [-0.2, -0.15) is 0 Å². The molecule has 1 N–H and O–H groups in total. The van der Waals surface area contributed by atoms with E-state index in [1.165, 1.54) is 10.4 Å². The molecular formula is C16H25FN2O3S. The van der Waals surface area contributed by atoms with Crippen LogP contribution in [0.2, 0.25) is 0 Å². The molecule has 1 aromatic rings. The Bertz CT molecular complexity index is 618. The van der Waals surface area contributed by atoms with Gasteiger partial charge in [0.25, 0.3) is 0 Å². The fourth-order valence-electron chi connectivity index (χ4n) is 2.00. The third kappa shape index (κ3) is 7.56. The lowest BCUT2D eigenvalue weighted by Crippen LogP contribution is -2.35.